The molecule has 0 aliphatic carbocycles. The highest BCUT2D eigenvalue weighted by Gasteiger charge is 2.11. The number of alkyl halides is 2. The maximum atomic E-state index is 10.8. The molecule has 1 heterocycles. The molecule has 5 nitrogen and oxygen atoms in total. The van der Waals surface area contributed by atoms with Gasteiger partial charge in [0, 0.05) is 50.4 Å². The van der Waals surface area contributed by atoms with Crippen LogP contribution in [-0.2, 0) is 18.3 Å². The van der Waals surface area contributed by atoms with Gasteiger partial charge in [0.05, 0.1) is 11.0 Å². The zero-order valence-corrected chi connectivity index (χ0v) is 16.2. The van der Waals surface area contributed by atoms with Crippen LogP contribution in [0.15, 0.2) is 18.2 Å². The zero-order chi connectivity index (χ0) is 18.2. The molecule has 0 aliphatic rings. The Hall–Kier alpha value is -1.46. The molecule has 0 bridgehead atoms. The van der Waals surface area contributed by atoms with Crippen LogP contribution in [0.4, 0.5) is 5.69 Å². The molecule has 2 aromatic rings. The molecule has 2 N–H and O–H groups in total. The van der Waals surface area contributed by atoms with Gasteiger partial charge in [-0.05, 0) is 31.0 Å². The van der Waals surface area contributed by atoms with Crippen LogP contribution in [0.2, 0.25) is 0 Å². The average Bonchev–Trinajstić information content (AvgIpc) is 2.89. The van der Waals surface area contributed by atoms with E-state index in [0.29, 0.717) is 18.2 Å². The molecule has 0 fully saturated rings. The summed E-state index contributed by atoms with van der Waals surface area (Å²) in [5, 5.41) is 0. The molecule has 0 unspecified atom stereocenters. The predicted octanol–water partition coefficient (Wildman–Crippen LogP) is 3.45. The maximum Gasteiger partial charge on any atom is 0.217 e. The van der Waals surface area contributed by atoms with Crippen molar-refractivity contribution in [2.45, 2.75) is 32.1 Å². The number of rotatable bonds is 11. The average molecular weight is 385 g/mol. The number of aryl methyl sites for hydroxylation is 2. The van der Waals surface area contributed by atoms with Crippen LogP contribution >= 0.6 is 23.2 Å². The molecular weight excluding hydrogens is 359 g/mol. The number of aromatic nitrogens is 2. The number of nitrogens with two attached hydrogens (primary N) is 1. The molecule has 1 amide bonds. The number of anilines is 1. The second-order valence-corrected chi connectivity index (χ2v) is 6.91. The molecule has 25 heavy (non-hydrogen) atoms. The molecule has 2 rings (SSSR count). The Morgan fingerprint density at radius 2 is 1.92 bits per heavy atom. The monoisotopic (exact) mass is 384 g/mol. The lowest BCUT2D eigenvalue weighted by molar-refractivity contribution is -0.118. The van der Waals surface area contributed by atoms with Crippen molar-refractivity contribution < 1.29 is 4.79 Å². The highest BCUT2D eigenvalue weighted by atomic mass is 35.5. The number of fused-ring (bicyclic) bond motifs is 1. The lowest BCUT2D eigenvalue weighted by atomic mass is 10.1. The van der Waals surface area contributed by atoms with Gasteiger partial charge in [0.2, 0.25) is 5.91 Å². The summed E-state index contributed by atoms with van der Waals surface area (Å²) >= 11 is 11.8. The van der Waals surface area contributed by atoms with Crippen molar-refractivity contribution in [1.82, 2.24) is 9.55 Å². The summed E-state index contributed by atoms with van der Waals surface area (Å²) in [6.07, 6.45) is 4.18. The van der Waals surface area contributed by atoms with Gasteiger partial charge in [-0.2, -0.15) is 0 Å². The highest BCUT2D eigenvalue weighted by molar-refractivity contribution is 6.18. The lowest BCUT2D eigenvalue weighted by Crippen LogP contribution is -2.27. The molecule has 0 saturated heterocycles. The van der Waals surface area contributed by atoms with Crippen molar-refractivity contribution in [1.29, 1.82) is 0 Å². The van der Waals surface area contributed by atoms with Gasteiger partial charge in [-0.1, -0.05) is 6.42 Å². The highest BCUT2D eigenvalue weighted by Crippen LogP contribution is 2.23. The predicted molar refractivity (Wildman–Crippen MR) is 106 cm³/mol. The second kappa shape index (κ2) is 9.88. The Morgan fingerprint density at radius 3 is 2.56 bits per heavy atom. The van der Waals surface area contributed by atoms with Gasteiger partial charge in [-0.25, -0.2) is 4.98 Å². The van der Waals surface area contributed by atoms with Crippen molar-refractivity contribution >= 4 is 45.8 Å². The third-order valence-corrected chi connectivity index (χ3v) is 4.69. The molecule has 1 aromatic heterocycles. The number of hydrogen-bond donors (Lipinski definition) is 1. The summed E-state index contributed by atoms with van der Waals surface area (Å²) in [5.41, 5.74) is 8.37. The molecule has 0 aliphatic heterocycles. The molecule has 0 radical (unpaired) electrons. The minimum atomic E-state index is -0.228. The first-order valence-electron chi connectivity index (χ1n) is 8.67. The van der Waals surface area contributed by atoms with Crippen molar-refractivity contribution in [3.05, 3.63) is 24.0 Å². The van der Waals surface area contributed by atoms with Gasteiger partial charge in [-0.15, -0.1) is 23.2 Å². The molecule has 1 aromatic carbocycles. The number of benzene rings is 1. The fourth-order valence-corrected chi connectivity index (χ4v) is 3.40. The van der Waals surface area contributed by atoms with Crippen LogP contribution in [0.3, 0.4) is 0 Å². The van der Waals surface area contributed by atoms with Crippen molar-refractivity contribution in [2.75, 3.05) is 29.7 Å². The fraction of sp³-hybridized carbons (Fsp3) is 0.556. The first-order valence-corrected chi connectivity index (χ1v) is 9.74. The number of primary amides is 1. The van der Waals surface area contributed by atoms with Crippen molar-refractivity contribution in [3.63, 3.8) is 0 Å². The Bertz CT molecular complexity index is 696. The smallest absolute Gasteiger partial charge is 0.217 e. The third-order valence-electron chi connectivity index (χ3n) is 4.35. The fourth-order valence-electron chi connectivity index (χ4n) is 2.99. The number of carbonyl (C=O) groups excluding carboxylic acids is 1. The SMILES string of the molecule is Cn1c(CCCCCC(N)=O)nc2cc(N(CCCl)CCCl)ccc21. The summed E-state index contributed by atoms with van der Waals surface area (Å²) in [4.78, 5) is 17.7. The number of carbonyl (C=O) groups is 1. The molecule has 0 spiro atoms. The number of hydrogen-bond acceptors (Lipinski definition) is 3. The van der Waals surface area contributed by atoms with Gasteiger partial charge in [0.15, 0.2) is 0 Å². The van der Waals surface area contributed by atoms with E-state index < -0.39 is 0 Å². The topological polar surface area (TPSA) is 64.1 Å². The summed E-state index contributed by atoms with van der Waals surface area (Å²) in [6.45, 7) is 1.53. The van der Waals surface area contributed by atoms with E-state index in [4.69, 9.17) is 33.9 Å². The van der Waals surface area contributed by atoms with Crippen LogP contribution in [0.1, 0.15) is 31.5 Å². The van der Waals surface area contributed by atoms with Gasteiger partial charge in [-0.3, -0.25) is 4.79 Å². The summed E-state index contributed by atoms with van der Waals surface area (Å²) in [5.74, 6) is 1.96. The van der Waals surface area contributed by atoms with E-state index in [2.05, 4.69) is 27.7 Å². The lowest BCUT2D eigenvalue weighted by Gasteiger charge is -2.22. The molecule has 0 atom stereocenters. The molecule has 7 heteroatoms. The van der Waals surface area contributed by atoms with Gasteiger partial charge in [0.1, 0.15) is 5.82 Å². The summed E-state index contributed by atoms with van der Waals surface area (Å²) < 4.78 is 2.14. The van der Waals surface area contributed by atoms with Gasteiger partial charge < -0.3 is 15.2 Å². The Kier molecular flexibility index (Phi) is 7.85. The van der Waals surface area contributed by atoms with Crippen LogP contribution in [0, 0.1) is 0 Å². The number of imidazole rings is 1. The number of nitrogens with zero attached hydrogens (tertiary/aromatic N) is 3. The molecule has 138 valence electrons. The minimum absolute atomic E-state index is 0.228. The van der Waals surface area contributed by atoms with E-state index in [0.717, 1.165) is 61.3 Å². The first-order chi connectivity index (χ1) is 12.1. The van der Waals surface area contributed by atoms with Crippen LogP contribution in [0.25, 0.3) is 11.0 Å². The van der Waals surface area contributed by atoms with Crippen LogP contribution < -0.4 is 10.6 Å². The molecule has 0 saturated carbocycles. The number of unbranched alkanes of at least 4 members (excludes halogenated alkanes) is 2. The summed E-state index contributed by atoms with van der Waals surface area (Å²) in [6, 6.07) is 6.30. The van der Waals surface area contributed by atoms with Crippen LogP contribution in [0.5, 0.6) is 0 Å². The normalized spacial score (nSPS) is 11.2. The van der Waals surface area contributed by atoms with Crippen molar-refractivity contribution in [3.8, 4) is 0 Å². The second-order valence-electron chi connectivity index (χ2n) is 6.15. The molecular formula is C18H26Cl2N4O. The van der Waals surface area contributed by atoms with E-state index in [-0.39, 0.29) is 5.91 Å². The third kappa shape index (κ3) is 5.51. The number of amides is 1. The Balaban J connectivity index is 2.08. The maximum absolute atomic E-state index is 10.8. The van der Waals surface area contributed by atoms with Gasteiger partial charge in [0.25, 0.3) is 0 Å². The van der Waals surface area contributed by atoms with E-state index in [1.165, 1.54) is 0 Å². The quantitative estimate of drug-likeness (QED) is 0.476. The Labute approximate surface area is 159 Å². The van der Waals surface area contributed by atoms with Crippen LogP contribution in [-0.4, -0.2) is 40.3 Å². The van der Waals surface area contributed by atoms with E-state index >= 15 is 0 Å². The summed E-state index contributed by atoms with van der Waals surface area (Å²) in [7, 11) is 2.04. The number of halogens is 2. The van der Waals surface area contributed by atoms with E-state index in [1.54, 1.807) is 0 Å². The van der Waals surface area contributed by atoms with Gasteiger partial charge >= 0.3 is 0 Å². The minimum Gasteiger partial charge on any atom is -0.370 e. The van der Waals surface area contributed by atoms with Crippen molar-refractivity contribution in [2.24, 2.45) is 12.8 Å². The van der Waals surface area contributed by atoms with E-state index in [9.17, 15) is 4.79 Å². The zero-order valence-electron chi connectivity index (χ0n) is 14.7. The first kappa shape index (κ1) is 19.9. The van der Waals surface area contributed by atoms with E-state index in [1.807, 2.05) is 7.05 Å². The largest absolute Gasteiger partial charge is 0.370 e. The standard InChI is InChI=1S/C18H26Cl2N4O/c1-23-16-8-7-14(24(11-9-19)12-10-20)13-15(16)22-18(23)6-4-2-3-5-17(21)25/h7-8,13H,2-6,9-12H2,1H3,(H2,21,25). The Morgan fingerprint density at radius 1 is 1.20 bits per heavy atom.